The zero-order valence-electron chi connectivity index (χ0n) is 17.0. The van der Waals surface area contributed by atoms with E-state index in [0.717, 1.165) is 12.1 Å². The molecule has 0 saturated carbocycles. The molecule has 1 aromatic carbocycles. The molecule has 0 fully saturated rings. The summed E-state index contributed by atoms with van der Waals surface area (Å²) in [6, 6.07) is 8.47. The van der Waals surface area contributed by atoms with Crippen molar-refractivity contribution in [2.75, 3.05) is 5.73 Å². The van der Waals surface area contributed by atoms with E-state index in [1.165, 1.54) is 18.5 Å². The molecule has 2 atom stereocenters. The van der Waals surface area contributed by atoms with E-state index in [1.54, 1.807) is 18.3 Å². The number of hydrogen-bond donors (Lipinski definition) is 1. The molecule has 1 unspecified atom stereocenters. The Morgan fingerprint density at radius 3 is 3.00 bits per heavy atom. The fraction of sp³-hybridized carbons (Fsp3) is 0.217. The van der Waals surface area contributed by atoms with E-state index in [-0.39, 0.29) is 17.6 Å². The van der Waals surface area contributed by atoms with Crippen LogP contribution in [-0.4, -0.2) is 19.7 Å². The molecule has 5 heterocycles. The molecule has 2 aliphatic rings. The highest BCUT2D eigenvalue weighted by atomic mass is 19.1. The zero-order valence-corrected chi connectivity index (χ0v) is 17.0. The Labute approximate surface area is 182 Å². The van der Waals surface area contributed by atoms with Gasteiger partial charge in [0.25, 0.3) is 0 Å². The number of ether oxygens (including phenoxy) is 1. The number of oxazole rings is 1. The predicted octanol–water partition coefficient (Wildman–Crippen LogP) is 4.18. The third-order valence-corrected chi connectivity index (χ3v) is 6.15. The molecular weight excluding hydrogens is 411 g/mol. The number of anilines is 1. The summed E-state index contributed by atoms with van der Waals surface area (Å²) in [5, 5.41) is 14.3. The summed E-state index contributed by atoms with van der Waals surface area (Å²) < 4.78 is 28.1. The van der Waals surface area contributed by atoms with E-state index in [9.17, 15) is 9.65 Å². The lowest BCUT2D eigenvalue weighted by Crippen LogP contribution is -2.10. The number of benzene rings is 1. The zero-order chi connectivity index (χ0) is 22.0. The Kier molecular flexibility index (Phi) is 3.86. The number of aromatic nitrogens is 4. The van der Waals surface area contributed by atoms with Crippen LogP contribution in [0.4, 0.5) is 10.2 Å². The average molecular weight is 428 g/mol. The molecule has 0 radical (unpaired) electrons. The third kappa shape index (κ3) is 2.56. The Balaban J connectivity index is 1.70. The van der Waals surface area contributed by atoms with Crippen LogP contribution in [0.1, 0.15) is 48.1 Å². The second-order valence-electron chi connectivity index (χ2n) is 7.95. The van der Waals surface area contributed by atoms with E-state index in [4.69, 9.17) is 14.9 Å². The maximum absolute atomic E-state index is 14.2. The summed E-state index contributed by atoms with van der Waals surface area (Å²) in [5.41, 5.74) is 10.6. The summed E-state index contributed by atoms with van der Waals surface area (Å²) in [4.78, 5) is 8.78. The van der Waals surface area contributed by atoms with Gasteiger partial charge < -0.3 is 14.9 Å². The average Bonchev–Trinajstić information content (AvgIpc) is 3.49. The highest BCUT2D eigenvalue weighted by Crippen LogP contribution is 2.46. The first kappa shape index (κ1) is 18.6. The number of nitrogens with zero attached hydrogens (tertiary/aromatic N) is 5. The minimum atomic E-state index is -0.551. The van der Waals surface area contributed by atoms with Gasteiger partial charge in [-0.05, 0) is 37.6 Å². The number of nitrogen functional groups attached to an aromatic ring is 1. The minimum absolute atomic E-state index is 0.174. The standard InChI is InChI=1S/C23H17FN6O2/c1-11-16-7-13(24)2-3-14(16)20-22(31-10-28-20)15-4-5-30-21(15)19(17(8-25)29-30)12-6-18(32-11)23(26)27-9-12/h2-3,6-7,9-11,15H,4-5H2,1H3,(H2,26,27)/t11-,15?/m1/s1. The van der Waals surface area contributed by atoms with Crippen LogP contribution >= 0.6 is 0 Å². The van der Waals surface area contributed by atoms with Crippen molar-refractivity contribution in [2.24, 2.45) is 0 Å². The number of fused-ring (bicyclic) bond motifs is 7. The topological polar surface area (TPSA) is 116 Å². The van der Waals surface area contributed by atoms with Crippen LogP contribution in [0.25, 0.3) is 22.4 Å². The van der Waals surface area contributed by atoms with Crippen molar-refractivity contribution < 1.29 is 13.5 Å². The molecule has 8 nitrogen and oxygen atoms in total. The largest absolute Gasteiger partial charge is 0.482 e. The second-order valence-corrected chi connectivity index (χ2v) is 7.95. The molecule has 0 aliphatic carbocycles. The smallest absolute Gasteiger partial charge is 0.181 e. The summed E-state index contributed by atoms with van der Waals surface area (Å²) in [6.07, 6.45) is 3.19. The molecule has 6 rings (SSSR count). The van der Waals surface area contributed by atoms with Gasteiger partial charge in [-0.1, -0.05) is 0 Å². The number of rotatable bonds is 0. The van der Waals surface area contributed by atoms with Gasteiger partial charge >= 0.3 is 0 Å². The van der Waals surface area contributed by atoms with Crippen LogP contribution in [0, 0.1) is 17.1 Å². The molecule has 0 saturated heterocycles. The van der Waals surface area contributed by atoms with Crippen LogP contribution in [0.5, 0.6) is 5.75 Å². The van der Waals surface area contributed by atoms with E-state index in [2.05, 4.69) is 21.1 Å². The van der Waals surface area contributed by atoms with Crippen LogP contribution in [0.3, 0.4) is 0 Å². The number of halogens is 1. The summed E-state index contributed by atoms with van der Waals surface area (Å²) in [7, 11) is 0. The van der Waals surface area contributed by atoms with E-state index < -0.39 is 6.10 Å². The van der Waals surface area contributed by atoms with Gasteiger partial charge in [0.1, 0.15) is 29.4 Å². The highest BCUT2D eigenvalue weighted by Gasteiger charge is 2.37. The Morgan fingerprint density at radius 1 is 1.28 bits per heavy atom. The van der Waals surface area contributed by atoms with Crippen LogP contribution in [0.2, 0.25) is 0 Å². The SMILES string of the molecule is C[C@H]1Oc2cc(cnc2N)-c2c(C#N)nn3c2C(CC3)c2ocnc2-c2ccc(F)cc21. The quantitative estimate of drug-likeness (QED) is 0.446. The van der Waals surface area contributed by atoms with Crippen molar-refractivity contribution in [2.45, 2.75) is 31.9 Å². The van der Waals surface area contributed by atoms with Gasteiger partial charge in [-0.15, -0.1) is 0 Å². The number of nitriles is 1. The lowest BCUT2D eigenvalue weighted by molar-refractivity contribution is 0.227. The fourth-order valence-corrected chi connectivity index (χ4v) is 4.74. The molecule has 2 N–H and O–H groups in total. The third-order valence-electron chi connectivity index (χ3n) is 6.15. The molecule has 4 aromatic rings. The Morgan fingerprint density at radius 2 is 2.16 bits per heavy atom. The predicted molar refractivity (Wildman–Crippen MR) is 112 cm³/mol. The number of aryl methyl sites for hydroxylation is 1. The second kappa shape index (κ2) is 6.65. The number of nitrogens with two attached hydrogens (primary N) is 1. The Hall–Kier alpha value is -4.19. The maximum atomic E-state index is 14.2. The van der Waals surface area contributed by atoms with E-state index in [0.29, 0.717) is 51.7 Å². The molecule has 9 heteroatoms. The molecule has 0 amide bonds. The first-order chi connectivity index (χ1) is 15.5. The van der Waals surface area contributed by atoms with E-state index >= 15 is 0 Å². The highest BCUT2D eigenvalue weighted by molar-refractivity contribution is 5.76. The van der Waals surface area contributed by atoms with Gasteiger partial charge in [-0.25, -0.2) is 14.4 Å². The summed E-state index contributed by atoms with van der Waals surface area (Å²) in [6.45, 7) is 2.45. The lowest BCUT2D eigenvalue weighted by atomic mass is 9.90. The monoisotopic (exact) mass is 428 g/mol. The van der Waals surface area contributed by atoms with Gasteiger partial charge in [0.05, 0.1) is 11.6 Å². The fourth-order valence-electron chi connectivity index (χ4n) is 4.74. The maximum Gasteiger partial charge on any atom is 0.181 e. The lowest BCUT2D eigenvalue weighted by Gasteiger charge is -2.21. The van der Waals surface area contributed by atoms with Gasteiger partial charge in [0.2, 0.25) is 0 Å². The molecule has 0 spiro atoms. The molecule has 158 valence electrons. The van der Waals surface area contributed by atoms with E-state index in [1.807, 2.05) is 11.6 Å². The van der Waals surface area contributed by atoms with Crippen molar-refractivity contribution >= 4 is 5.82 Å². The van der Waals surface area contributed by atoms with Gasteiger partial charge in [0, 0.05) is 35.0 Å². The van der Waals surface area contributed by atoms with Gasteiger partial charge in [-0.3, -0.25) is 4.68 Å². The van der Waals surface area contributed by atoms with Gasteiger partial charge in [0.15, 0.2) is 23.7 Å². The first-order valence-corrected chi connectivity index (χ1v) is 10.2. The van der Waals surface area contributed by atoms with Crippen LogP contribution in [-0.2, 0) is 6.54 Å². The number of hydrogen-bond acceptors (Lipinski definition) is 7. The molecule has 32 heavy (non-hydrogen) atoms. The van der Waals surface area contributed by atoms with Crippen molar-refractivity contribution in [3.8, 4) is 34.2 Å². The van der Waals surface area contributed by atoms with Crippen molar-refractivity contribution in [1.29, 1.82) is 5.26 Å². The van der Waals surface area contributed by atoms with Crippen LogP contribution in [0.15, 0.2) is 41.3 Å². The molecule has 2 aliphatic heterocycles. The number of pyridine rings is 1. The normalized spacial score (nSPS) is 18.4. The first-order valence-electron chi connectivity index (χ1n) is 10.2. The van der Waals surface area contributed by atoms with Crippen molar-refractivity contribution in [3.63, 3.8) is 0 Å². The minimum Gasteiger partial charge on any atom is -0.482 e. The molecule has 2 bridgehead atoms. The summed E-state index contributed by atoms with van der Waals surface area (Å²) in [5.74, 6) is 0.655. The Bertz CT molecular complexity index is 1430. The van der Waals surface area contributed by atoms with Crippen molar-refractivity contribution in [3.05, 3.63) is 65.4 Å². The van der Waals surface area contributed by atoms with Gasteiger partial charge in [-0.2, -0.15) is 10.4 Å². The summed E-state index contributed by atoms with van der Waals surface area (Å²) >= 11 is 0. The van der Waals surface area contributed by atoms with Crippen molar-refractivity contribution in [1.82, 2.24) is 19.7 Å². The molecular formula is C23H17FN6O2. The molecule has 3 aromatic heterocycles. The van der Waals surface area contributed by atoms with Crippen LogP contribution < -0.4 is 10.5 Å².